The van der Waals surface area contributed by atoms with E-state index in [2.05, 4.69) is 36.1 Å². The number of azo groups is 1. The number of rotatable bonds is 5. The Morgan fingerprint density at radius 1 is 1.20 bits per heavy atom. The molecule has 1 aliphatic rings. The van der Waals surface area contributed by atoms with Crippen LogP contribution in [0, 0.1) is 5.82 Å². The van der Waals surface area contributed by atoms with Gasteiger partial charge in [-0.05, 0) is 23.8 Å². The quantitative estimate of drug-likeness (QED) is 0.276. The molecule has 35 heavy (non-hydrogen) atoms. The molecule has 184 valence electrons. The van der Waals surface area contributed by atoms with Crippen molar-refractivity contribution in [3.63, 3.8) is 0 Å². The Morgan fingerprint density at radius 2 is 1.94 bits per heavy atom. The molecule has 1 N–H and O–H groups in total. The van der Waals surface area contributed by atoms with Crippen molar-refractivity contribution in [2.75, 3.05) is 31.2 Å². The summed E-state index contributed by atoms with van der Waals surface area (Å²) in [5, 5.41) is 18.3. The van der Waals surface area contributed by atoms with Crippen LogP contribution in [0.5, 0.6) is 5.75 Å². The number of alkyl halides is 3. The van der Waals surface area contributed by atoms with Gasteiger partial charge in [0.15, 0.2) is 11.6 Å². The lowest BCUT2D eigenvalue weighted by atomic mass is 10.0. The third-order valence-electron chi connectivity index (χ3n) is 5.17. The number of nitrogens with zero attached hydrogens (tertiary/aromatic N) is 5. The average molecular weight is 575 g/mol. The number of anilines is 1. The Balaban J connectivity index is 1.57. The number of morpholine rings is 1. The van der Waals surface area contributed by atoms with Crippen molar-refractivity contribution in [3.05, 3.63) is 63.0 Å². The first-order valence-corrected chi connectivity index (χ1v) is 11.4. The Morgan fingerprint density at radius 3 is 2.66 bits per heavy atom. The number of phenols is 1. The van der Waals surface area contributed by atoms with Crippen LogP contribution in [0.1, 0.15) is 11.1 Å². The zero-order chi connectivity index (χ0) is 25.2. The van der Waals surface area contributed by atoms with Gasteiger partial charge < -0.3 is 14.7 Å². The van der Waals surface area contributed by atoms with Crippen LogP contribution in [0.4, 0.5) is 29.3 Å². The average Bonchev–Trinajstić information content (AvgIpc) is 2.83. The predicted octanol–water partition coefficient (Wildman–Crippen LogP) is 6.54. The zero-order valence-electron chi connectivity index (χ0n) is 17.9. The lowest BCUT2D eigenvalue weighted by Crippen LogP contribution is -2.37. The third kappa shape index (κ3) is 5.71. The molecule has 1 aromatic heterocycles. The van der Waals surface area contributed by atoms with Gasteiger partial charge in [0, 0.05) is 28.7 Å². The summed E-state index contributed by atoms with van der Waals surface area (Å²) >= 11 is 9.62. The molecule has 4 rings (SSSR count). The first-order valence-electron chi connectivity index (χ1n) is 10.3. The first-order chi connectivity index (χ1) is 16.6. The molecule has 0 amide bonds. The fraction of sp³-hybridized carbons (Fsp3) is 0.273. The molecule has 1 aliphatic heterocycles. The molecule has 3 aromatic rings. The van der Waals surface area contributed by atoms with Gasteiger partial charge in [0.05, 0.1) is 36.5 Å². The van der Waals surface area contributed by atoms with E-state index in [1.165, 1.54) is 18.2 Å². The number of hydrogen-bond acceptors (Lipinski definition) is 7. The fourth-order valence-electron chi connectivity index (χ4n) is 3.46. The summed E-state index contributed by atoms with van der Waals surface area (Å²) in [6.07, 6.45) is -3.53. The predicted molar refractivity (Wildman–Crippen MR) is 124 cm³/mol. The molecule has 13 heteroatoms. The Hall–Kier alpha value is -2.83. The van der Waals surface area contributed by atoms with Crippen LogP contribution >= 0.6 is 27.5 Å². The minimum absolute atomic E-state index is 0.0712. The monoisotopic (exact) mass is 573 g/mol. The number of benzene rings is 2. The highest BCUT2D eigenvalue weighted by atomic mass is 79.9. The summed E-state index contributed by atoms with van der Waals surface area (Å²) in [6, 6.07) is 6.09. The largest absolute Gasteiger partial charge is 0.506 e. The van der Waals surface area contributed by atoms with Gasteiger partial charge in [-0.15, -0.1) is 5.11 Å². The zero-order valence-corrected chi connectivity index (χ0v) is 20.2. The molecule has 1 fully saturated rings. The maximum absolute atomic E-state index is 14.2. The molecule has 2 aromatic carbocycles. The van der Waals surface area contributed by atoms with Crippen molar-refractivity contribution in [2.45, 2.75) is 12.7 Å². The van der Waals surface area contributed by atoms with Crippen LogP contribution in [0.3, 0.4) is 0 Å². The Kier molecular flexibility index (Phi) is 7.53. The second-order valence-electron chi connectivity index (χ2n) is 7.47. The van der Waals surface area contributed by atoms with Crippen molar-refractivity contribution in [1.29, 1.82) is 0 Å². The minimum Gasteiger partial charge on any atom is -0.506 e. The summed E-state index contributed by atoms with van der Waals surface area (Å²) < 4.78 is 59.1. The van der Waals surface area contributed by atoms with E-state index in [-0.39, 0.29) is 45.8 Å². The van der Waals surface area contributed by atoms with Gasteiger partial charge in [0.2, 0.25) is 0 Å². The van der Waals surface area contributed by atoms with Crippen LogP contribution < -0.4 is 4.90 Å². The van der Waals surface area contributed by atoms with Crippen LogP contribution in [-0.2, 0) is 17.5 Å². The summed E-state index contributed by atoms with van der Waals surface area (Å²) in [7, 11) is 0. The molecule has 0 spiro atoms. The van der Waals surface area contributed by atoms with E-state index in [9.17, 15) is 22.7 Å². The summed E-state index contributed by atoms with van der Waals surface area (Å²) in [6.45, 7) is 1.71. The van der Waals surface area contributed by atoms with Gasteiger partial charge in [0.25, 0.3) is 5.95 Å². The van der Waals surface area contributed by atoms with Gasteiger partial charge in [-0.25, -0.2) is 9.37 Å². The normalized spacial score (nSPS) is 14.6. The number of ether oxygens (including phenoxy) is 1. The number of aromatic hydroxyl groups is 1. The molecule has 0 unspecified atom stereocenters. The minimum atomic E-state index is -4.53. The van der Waals surface area contributed by atoms with E-state index in [0.717, 1.165) is 18.3 Å². The second-order valence-corrected chi connectivity index (χ2v) is 8.71. The van der Waals surface area contributed by atoms with E-state index in [1.807, 2.05) is 0 Å². The summed E-state index contributed by atoms with van der Waals surface area (Å²) in [5.74, 6) is -0.922. The van der Waals surface area contributed by atoms with E-state index >= 15 is 0 Å². The van der Waals surface area contributed by atoms with Gasteiger partial charge in [-0.1, -0.05) is 39.7 Å². The number of hydrogen-bond donors (Lipinski definition) is 1. The van der Waals surface area contributed by atoms with Crippen LogP contribution in [0.25, 0.3) is 11.1 Å². The molecule has 0 bridgehead atoms. The Labute approximate surface area is 210 Å². The lowest BCUT2D eigenvalue weighted by Gasteiger charge is -2.27. The third-order valence-corrected chi connectivity index (χ3v) is 6.17. The summed E-state index contributed by atoms with van der Waals surface area (Å²) in [4.78, 5) is 9.63. The fourth-order valence-corrected chi connectivity index (χ4v) is 4.61. The highest BCUT2D eigenvalue weighted by Gasteiger charge is 2.31. The van der Waals surface area contributed by atoms with Gasteiger partial charge in [-0.3, -0.25) is 0 Å². The highest BCUT2D eigenvalue weighted by molar-refractivity contribution is 9.10. The SMILES string of the molecule is Oc1c(CN=Nc2ncc(F)c(N3CCOCC3)n2)cc(Br)c(-c2cccc(C(F)(F)F)c2)c1Cl. The summed E-state index contributed by atoms with van der Waals surface area (Å²) in [5.41, 5.74) is -0.202. The number of aromatic nitrogens is 2. The molecule has 0 aliphatic carbocycles. The Bertz CT molecular complexity index is 1270. The molecule has 0 radical (unpaired) electrons. The maximum Gasteiger partial charge on any atom is 0.416 e. The molecular formula is C22H17BrClF4N5O2. The van der Waals surface area contributed by atoms with Gasteiger partial charge >= 0.3 is 6.18 Å². The van der Waals surface area contributed by atoms with Crippen LogP contribution in [0.15, 0.2) is 51.2 Å². The van der Waals surface area contributed by atoms with Crippen LogP contribution in [-0.4, -0.2) is 41.4 Å². The van der Waals surface area contributed by atoms with E-state index < -0.39 is 17.6 Å². The maximum atomic E-state index is 14.2. The second kappa shape index (κ2) is 10.4. The number of phenolic OH excluding ortho intramolecular Hbond substituents is 1. The van der Waals surface area contributed by atoms with Gasteiger partial charge in [0.1, 0.15) is 5.75 Å². The highest BCUT2D eigenvalue weighted by Crippen LogP contribution is 2.44. The van der Waals surface area contributed by atoms with Crippen molar-refractivity contribution >= 4 is 39.3 Å². The van der Waals surface area contributed by atoms with E-state index in [4.69, 9.17) is 16.3 Å². The van der Waals surface area contributed by atoms with E-state index in [1.54, 1.807) is 4.90 Å². The molecule has 1 saturated heterocycles. The standard InChI is InChI=1S/C22H17BrClF4N5O2/c23-15-9-13(19(34)18(24)17(15)12-2-1-3-14(8-12)22(26,27)28)10-30-32-21-29-11-16(25)20(31-21)33-4-6-35-7-5-33/h1-3,8-9,11,34H,4-7,10H2. The lowest BCUT2D eigenvalue weighted by molar-refractivity contribution is -0.137. The number of halogens is 6. The smallest absolute Gasteiger partial charge is 0.416 e. The van der Waals surface area contributed by atoms with Crippen molar-refractivity contribution in [3.8, 4) is 16.9 Å². The van der Waals surface area contributed by atoms with Gasteiger partial charge in [-0.2, -0.15) is 23.3 Å². The van der Waals surface area contributed by atoms with Crippen molar-refractivity contribution in [1.82, 2.24) is 9.97 Å². The van der Waals surface area contributed by atoms with Crippen molar-refractivity contribution in [2.24, 2.45) is 10.2 Å². The molecule has 0 atom stereocenters. The molecule has 2 heterocycles. The molecular weight excluding hydrogens is 558 g/mol. The van der Waals surface area contributed by atoms with E-state index in [0.29, 0.717) is 30.8 Å². The van der Waals surface area contributed by atoms with Crippen molar-refractivity contribution < 1.29 is 27.4 Å². The first kappa shape index (κ1) is 25.3. The topological polar surface area (TPSA) is 83.2 Å². The molecule has 7 nitrogen and oxygen atoms in total. The molecule has 0 saturated carbocycles. The van der Waals surface area contributed by atoms with Crippen LogP contribution in [0.2, 0.25) is 5.02 Å².